The zero-order chi connectivity index (χ0) is 12.8. The van der Waals surface area contributed by atoms with Gasteiger partial charge in [-0.1, -0.05) is 30.3 Å². The van der Waals surface area contributed by atoms with Gasteiger partial charge in [-0.3, -0.25) is 4.79 Å². The fraction of sp³-hybridized carbons (Fsp3) is 0.533. The van der Waals surface area contributed by atoms with Gasteiger partial charge in [0.25, 0.3) is 0 Å². The zero-order valence-electron chi connectivity index (χ0n) is 10.9. The van der Waals surface area contributed by atoms with E-state index in [-0.39, 0.29) is 5.97 Å². The molecule has 2 rings (SSSR count). The Kier molecular flexibility index (Phi) is 4.76. The summed E-state index contributed by atoms with van der Waals surface area (Å²) in [5.41, 5.74) is 1.26. The number of methoxy groups -OCH3 is 1. The van der Waals surface area contributed by atoms with E-state index in [0.29, 0.717) is 18.3 Å². The Balaban J connectivity index is 2.14. The molecule has 1 atom stereocenters. The molecule has 1 aromatic carbocycles. The second-order valence-corrected chi connectivity index (χ2v) is 4.88. The molecule has 1 aliphatic rings. The van der Waals surface area contributed by atoms with E-state index in [4.69, 9.17) is 4.74 Å². The van der Waals surface area contributed by atoms with Gasteiger partial charge in [0.15, 0.2) is 0 Å². The van der Waals surface area contributed by atoms with Crippen molar-refractivity contribution in [1.29, 1.82) is 0 Å². The molecular weight excluding hydrogens is 226 g/mol. The fourth-order valence-corrected chi connectivity index (χ4v) is 2.77. The van der Waals surface area contributed by atoms with Gasteiger partial charge >= 0.3 is 5.97 Å². The van der Waals surface area contributed by atoms with Crippen LogP contribution < -0.4 is 5.32 Å². The van der Waals surface area contributed by atoms with Crippen molar-refractivity contribution in [3.63, 3.8) is 0 Å². The molecule has 1 aliphatic heterocycles. The third kappa shape index (κ3) is 3.33. The highest BCUT2D eigenvalue weighted by Crippen LogP contribution is 2.33. The lowest BCUT2D eigenvalue weighted by atomic mass is 9.78. The smallest absolute Gasteiger partial charge is 0.306 e. The molecule has 0 radical (unpaired) electrons. The maximum Gasteiger partial charge on any atom is 0.306 e. The minimum atomic E-state index is -0.109. The van der Waals surface area contributed by atoms with E-state index in [0.717, 1.165) is 25.9 Å². The Morgan fingerprint density at radius 1 is 1.33 bits per heavy atom. The average molecular weight is 247 g/mol. The maximum absolute atomic E-state index is 11.6. The minimum absolute atomic E-state index is 0.109. The molecule has 1 heterocycles. The Morgan fingerprint density at radius 2 is 2.00 bits per heavy atom. The van der Waals surface area contributed by atoms with E-state index in [1.807, 2.05) is 18.2 Å². The molecule has 1 aromatic rings. The van der Waals surface area contributed by atoms with Crippen molar-refractivity contribution in [2.24, 2.45) is 5.92 Å². The minimum Gasteiger partial charge on any atom is -0.469 e. The molecule has 98 valence electrons. The Labute approximate surface area is 109 Å². The van der Waals surface area contributed by atoms with Crippen molar-refractivity contribution in [3.05, 3.63) is 35.9 Å². The molecule has 1 saturated heterocycles. The number of benzene rings is 1. The van der Waals surface area contributed by atoms with E-state index in [1.54, 1.807) is 0 Å². The topological polar surface area (TPSA) is 38.3 Å². The second kappa shape index (κ2) is 6.55. The summed E-state index contributed by atoms with van der Waals surface area (Å²) in [6.07, 6.45) is 2.76. The number of piperidine rings is 1. The second-order valence-electron chi connectivity index (χ2n) is 4.88. The summed E-state index contributed by atoms with van der Waals surface area (Å²) < 4.78 is 4.84. The molecule has 0 aromatic heterocycles. The van der Waals surface area contributed by atoms with E-state index in [2.05, 4.69) is 17.4 Å². The van der Waals surface area contributed by atoms with Crippen LogP contribution in [0.2, 0.25) is 0 Å². The van der Waals surface area contributed by atoms with Crippen LogP contribution in [0.1, 0.15) is 30.7 Å². The largest absolute Gasteiger partial charge is 0.469 e. The van der Waals surface area contributed by atoms with Crippen LogP contribution in [0.5, 0.6) is 0 Å². The molecule has 0 aliphatic carbocycles. The van der Waals surface area contributed by atoms with Crippen LogP contribution in [-0.4, -0.2) is 26.2 Å². The van der Waals surface area contributed by atoms with Crippen LogP contribution in [0.15, 0.2) is 30.3 Å². The Morgan fingerprint density at radius 3 is 2.61 bits per heavy atom. The number of esters is 1. The molecular formula is C15H21NO2. The van der Waals surface area contributed by atoms with Crippen LogP contribution in [-0.2, 0) is 9.53 Å². The van der Waals surface area contributed by atoms with Gasteiger partial charge in [-0.05, 0) is 43.3 Å². The normalized spacial score (nSPS) is 18.3. The van der Waals surface area contributed by atoms with Gasteiger partial charge in [0.1, 0.15) is 0 Å². The first kappa shape index (κ1) is 13.1. The summed E-state index contributed by atoms with van der Waals surface area (Å²) in [4.78, 5) is 11.6. The zero-order valence-corrected chi connectivity index (χ0v) is 10.9. The fourth-order valence-electron chi connectivity index (χ4n) is 2.77. The monoisotopic (exact) mass is 247 g/mol. The van der Waals surface area contributed by atoms with Gasteiger partial charge in [-0.15, -0.1) is 0 Å². The predicted molar refractivity (Wildman–Crippen MR) is 71.4 cm³/mol. The Bertz CT molecular complexity index is 371. The van der Waals surface area contributed by atoms with Crippen LogP contribution >= 0.6 is 0 Å². The van der Waals surface area contributed by atoms with Crippen molar-refractivity contribution in [2.75, 3.05) is 20.2 Å². The lowest BCUT2D eigenvalue weighted by Gasteiger charge is -2.30. The highest BCUT2D eigenvalue weighted by atomic mass is 16.5. The quantitative estimate of drug-likeness (QED) is 0.830. The van der Waals surface area contributed by atoms with Crippen molar-refractivity contribution in [2.45, 2.75) is 25.2 Å². The van der Waals surface area contributed by atoms with Crippen LogP contribution in [0.25, 0.3) is 0 Å². The summed E-state index contributed by atoms with van der Waals surface area (Å²) in [5.74, 6) is 0.760. The van der Waals surface area contributed by atoms with Gasteiger partial charge in [-0.2, -0.15) is 0 Å². The van der Waals surface area contributed by atoms with Crippen LogP contribution in [0, 0.1) is 5.92 Å². The van der Waals surface area contributed by atoms with Gasteiger partial charge in [0.2, 0.25) is 0 Å². The van der Waals surface area contributed by atoms with E-state index < -0.39 is 0 Å². The number of hydrogen-bond acceptors (Lipinski definition) is 3. The highest BCUT2D eigenvalue weighted by molar-refractivity contribution is 5.70. The molecule has 1 fully saturated rings. The SMILES string of the molecule is COC(=O)CC(c1ccccc1)C1CCNCC1. The molecule has 1 unspecified atom stereocenters. The molecule has 3 heteroatoms. The van der Waals surface area contributed by atoms with E-state index >= 15 is 0 Å². The first-order valence-corrected chi connectivity index (χ1v) is 6.63. The van der Waals surface area contributed by atoms with E-state index in [1.165, 1.54) is 12.7 Å². The van der Waals surface area contributed by atoms with Crippen molar-refractivity contribution < 1.29 is 9.53 Å². The number of carbonyl (C=O) groups is 1. The maximum atomic E-state index is 11.6. The highest BCUT2D eigenvalue weighted by Gasteiger charge is 2.27. The average Bonchev–Trinajstić information content (AvgIpc) is 2.46. The molecule has 18 heavy (non-hydrogen) atoms. The number of carbonyl (C=O) groups excluding carboxylic acids is 1. The number of ether oxygens (including phenoxy) is 1. The van der Waals surface area contributed by atoms with Crippen LogP contribution in [0.4, 0.5) is 0 Å². The number of hydrogen-bond donors (Lipinski definition) is 1. The molecule has 0 saturated carbocycles. The summed E-state index contributed by atoms with van der Waals surface area (Å²) >= 11 is 0. The molecule has 0 spiro atoms. The molecule has 0 amide bonds. The predicted octanol–water partition coefficient (Wildman–Crippen LogP) is 2.33. The van der Waals surface area contributed by atoms with Crippen molar-refractivity contribution in [1.82, 2.24) is 5.32 Å². The van der Waals surface area contributed by atoms with Crippen LogP contribution in [0.3, 0.4) is 0 Å². The third-order valence-electron chi connectivity index (χ3n) is 3.79. The van der Waals surface area contributed by atoms with Gasteiger partial charge in [0.05, 0.1) is 13.5 Å². The summed E-state index contributed by atoms with van der Waals surface area (Å²) in [7, 11) is 1.47. The van der Waals surface area contributed by atoms with Gasteiger partial charge in [-0.25, -0.2) is 0 Å². The van der Waals surface area contributed by atoms with Gasteiger partial charge in [0, 0.05) is 0 Å². The summed E-state index contributed by atoms with van der Waals surface area (Å²) in [6, 6.07) is 10.3. The van der Waals surface area contributed by atoms with Gasteiger partial charge < -0.3 is 10.1 Å². The van der Waals surface area contributed by atoms with Crippen molar-refractivity contribution >= 4 is 5.97 Å². The van der Waals surface area contributed by atoms with Crippen molar-refractivity contribution in [3.8, 4) is 0 Å². The number of nitrogens with one attached hydrogen (secondary N) is 1. The summed E-state index contributed by atoms with van der Waals surface area (Å²) in [5, 5.41) is 3.37. The lowest BCUT2D eigenvalue weighted by Crippen LogP contribution is -2.31. The first-order chi connectivity index (χ1) is 8.81. The molecule has 3 nitrogen and oxygen atoms in total. The molecule has 0 bridgehead atoms. The molecule has 1 N–H and O–H groups in total. The number of rotatable bonds is 4. The standard InChI is InChI=1S/C15H21NO2/c1-18-15(17)11-14(12-5-3-2-4-6-12)13-7-9-16-10-8-13/h2-6,13-14,16H,7-11H2,1H3. The van der Waals surface area contributed by atoms with E-state index in [9.17, 15) is 4.79 Å². The lowest BCUT2D eigenvalue weighted by molar-refractivity contribution is -0.141. The summed E-state index contributed by atoms with van der Waals surface area (Å²) in [6.45, 7) is 2.10. The Hall–Kier alpha value is -1.35. The third-order valence-corrected chi connectivity index (χ3v) is 3.79. The first-order valence-electron chi connectivity index (χ1n) is 6.63.